The van der Waals surface area contributed by atoms with E-state index in [0.29, 0.717) is 21.5 Å². The van der Waals surface area contributed by atoms with Crippen LogP contribution in [0.4, 0.5) is 0 Å². The SMILES string of the molecule is O=c1cc(-c2nc(-c3ccc(-c4ccccc4)cc3)cs2)c2cc(O)ccc2o1. The minimum absolute atomic E-state index is 0.112. The number of phenolic OH excluding ortho intramolecular Hbond substituents is 1. The molecule has 1 N–H and O–H groups in total. The molecule has 0 aliphatic rings. The number of rotatable bonds is 3. The molecular formula is C24H15NO3S. The molecule has 3 aromatic carbocycles. The number of aromatic hydroxyl groups is 1. The first-order valence-corrected chi connectivity index (χ1v) is 9.94. The average Bonchev–Trinajstić information content (AvgIpc) is 3.24. The van der Waals surface area contributed by atoms with Gasteiger partial charge in [0.05, 0.1) is 5.69 Å². The number of thiazole rings is 1. The van der Waals surface area contributed by atoms with Crippen molar-refractivity contribution in [3.05, 3.63) is 94.7 Å². The Morgan fingerprint density at radius 2 is 1.55 bits per heavy atom. The zero-order valence-electron chi connectivity index (χ0n) is 15.2. The highest BCUT2D eigenvalue weighted by atomic mass is 32.1. The zero-order valence-corrected chi connectivity index (χ0v) is 16.0. The van der Waals surface area contributed by atoms with E-state index in [1.807, 2.05) is 35.7 Å². The maximum Gasteiger partial charge on any atom is 0.336 e. The van der Waals surface area contributed by atoms with Crippen LogP contribution >= 0.6 is 11.3 Å². The van der Waals surface area contributed by atoms with Crippen molar-refractivity contribution in [1.29, 1.82) is 0 Å². The minimum atomic E-state index is -0.442. The predicted molar refractivity (Wildman–Crippen MR) is 116 cm³/mol. The Labute approximate surface area is 170 Å². The van der Waals surface area contributed by atoms with Crippen molar-refractivity contribution in [2.24, 2.45) is 0 Å². The van der Waals surface area contributed by atoms with E-state index >= 15 is 0 Å². The number of benzene rings is 3. The molecule has 0 saturated carbocycles. The van der Waals surface area contributed by atoms with Gasteiger partial charge in [-0.15, -0.1) is 11.3 Å². The number of hydrogen-bond acceptors (Lipinski definition) is 5. The van der Waals surface area contributed by atoms with Crippen molar-refractivity contribution in [3.8, 4) is 38.7 Å². The second-order valence-corrected chi connectivity index (χ2v) is 7.50. The highest BCUT2D eigenvalue weighted by Crippen LogP contribution is 2.34. The normalized spacial score (nSPS) is 11.0. The quantitative estimate of drug-likeness (QED) is 0.382. The number of fused-ring (bicyclic) bond motifs is 1. The van der Waals surface area contributed by atoms with Gasteiger partial charge in [-0.2, -0.15) is 0 Å². The van der Waals surface area contributed by atoms with Gasteiger partial charge in [-0.05, 0) is 29.3 Å². The molecule has 0 radical (unpaired) electrons. The van der Waals surface area contributed by atoms with Crippen LogP contribution in [0, 0.1) is 0 Å². The summed E-state index contributed by atoms with van der Waals surface area (Å²) in [6.45, 7) is 0. The van der Waals surface area contributed by atoms with Crippen LogP contribution in [0.5, 0.6) is 5.75 Å². The van der Waals surface area contributed by atoms with Gasteiger partial charge in [-0.25, -0.2) is 9.78 Å². The molecular weight excluding hydrogens is 382 g/mol. The molecule has 140 valence electrons. The smallest absolute Gasteiger partial charge is 0.336 e. The lowest BCUT2D eigenvalue weighted by Gasteiger charge is -2.04. The van der Waals surface area contributed by atoms with E-state index in [-0.39, 0.29) is 5.75 Å². The highest BCUT2D eigenvalue weighted by Gasteiger charge is 2.13. The molecule has 5 heteroatoms. The second-order valence-electron chi connectivity index (χ2n) is 6.64. The molecule has 0 aliphatic heterocycles. The molecule has 0 saturated heterocycles. The van der Waals surface area contributed by atoms with Gasteiger partial charge in [0.2, 0.25) is 0 Å². The van der Waals surface area contributed by atoms with Crippen LogP contribution in [0.15, 0.2) is 93.5 Å². The fourth-order valence-corrected chi connectivity index (χ4v) is 4.18. The molecule has 5 rings (SSSR count). The molecule has 0 atom stereocenters. The lowest BCUT2D eigenvalue weighted by atomic mass is 10.0. The summed E-state index contributed by atoms with van der Waals surface area (Å²) >= 11 is 1.45. The third-order valence-corrected chi connectivity index (χ3v) is 5.62. The molecule has 0 bridgehead atoms. The Hall–Kier alpha value is -3.70. The zero-order chi connectivity index (χ0) is 19.8. The molecule has 2 heterocycles. The summed E-state index contributed by atoms with van der Waals surface area (Å²) in [4.78, 5) is 16.7. The maximum absolute atomic E-state index is 12.0. The largest absolute Gasteiger partial charge is 0.508 e. The van der Waals surface area contributed by atoms with Crippen LogP contribution in [0.3, 0.4) is 0 Å². The third-order valence-electron chi connectivity index (χ3n) is 4.75. The average molecular weight is 397 g/mol. The molecule has 0 amide bonds. The van der Waals surface area contributed by atoms with Crippen molar-refractivity contribution in [1.82, 2.24) is 4.98 Å². The lowest BCUT2D eigenvalue weighted by molar-refractivity contribution is 0.475. The fourth-order valence-electron chi connectivity index (χ4n) is 3.32. The molecule has 0 fully saturated rings. The third kappa shape index (κ3) is 3.32. The van der Waals surface area contributed by atoms with Crippen LogP contribution < -0.4 is 5.63 Å². The predicted octanol–water partition coefficient (Wildman–Crippen LogP) is 5.96. The lowest BCUT2D eigenvalue weighted by Crippen LogP contribution is -1.97. The Bertz CT molecular complexity index is 1370. The monoisotopic (exact) mass is 397 g/mol. The number of hydrogen-bond donors (Lipinski definition) is 1. The topological polar surface area (TPSA) is 63.3 Å². The van der Waals surface area contributed by atoms with E-state index in [1.54, 1.807) is 12.1 Å². The Kier molecular flexibility index (Phi) is 4.22. The Morgan fingerprint density at radius 3 is 2.34 bits per heavy atom. The van der Waals surface area contributed by atoms with Crippen LogP contribution in [0.2, 0.25) is 0 Å². The van der Waals surface area contributed by atoms with Crippen molar-refractivity contribution in [2.75, 3.05) is 0 Å². The molecule has 0 unspecified atom stereocenters. The first-order valence-electron chi connectivity index (χ1n) is 9.06. The first-order chi connectivity index (χ1) is 14.2. The van der Waals surface area contributed by atoms with Gasteiger partial charge in [0.1, 0.15) is 16.3 Å². The van der Waals surface area contributed by atoms with Crippen LogP contribution in [-0.4, -0.2) is 10.1 Å². The van der Waals surface area contributed by atoms with Gasteiger partial charge in [-0.3, -0.25) is 0 Å². The summed E-state index contributed by atoms with van der Waals surface area (Å²) in [6.07, 6.45) is 0. The summed E-state index contributed by atoms with van der Waals surface area (Å²) in [7, 11) is 0. The van der Waals surface area contributed by atoms with Crippen molar-refractivity contribution in [2.45, 2.75) is 0 Å². The summed E-state index contributed by atoms with van der Waals surface area (Å²) in [6, 6.07) is 24.5. The molecule has 0 spiro atoms. The van der Waals surface area contributed by atoms with E-state index in [1.165, 1.54) is 29.0 Å². The number of aromatic nitrogens is 1. The van der Waals surface area contributed by atoms with Gasteiger partial charge in [0.15, 0.2) is 0 Å². The van der Waals surface area contributed by atoms with Gasteiger partial charge in [0.25, 0.3) is 0 Å². The molecule has 5 aromatic rings. The first kappa shape index (κ1) is 17.4. The van der Waals surface area contributed by atoms with Crippen molar-refractivity contribution >= 4 is 22.3 Å². The molecule has 29 heavy (non-hydrogen) atoms. The van der Waals surface area contributed by atoms with E-state index in [0.717, 1.165) is 16.8 Å². The van der Waals surface area contributed by atoms with Crippen molar-refractivity contribution < 1.29 is 9.52 Å². The molecule has 0 aliphatic carbocycles. The summed E-state index contributed by atoms with van der Waals surface area (Å²) in [5, 5.41) is 13.2. The standard InChI is InChI=1S/C24H15NO3S/c26-18-10-11-22-19(12-18)20(13-23(27)28-22)24-25-21(14-29-24)17-8-6-16(7-9-17)15-4-2-1-3-5-15/h1-14,26H. The van der Waals surface area contributed by atoms with Gasteiger partial charge in [0, 0.05) is 28.0 Å². The van der Waals surface area contributed by atoms with Gasteiger partial charge >= 0.3 is 5.63 Å². The molecule has 4 nitrogen and oxygen atoms in total. The van der Waals surface area contributed by atoms with E-state index in [2.05, 4.69) is 24.3 Å². The van der Waals surface area contributed by atoms with Crippen LogP contribution in [0.1, 0.15) is 0 Å². The van der Waals surface area contributed by atoms with Crippen LogP contribution in [-0.2, 0) is 0 Å². The van der Waals surface area contributed by atoms with Gasteiger partial charge < -0.3 is 9.52 Å². The molecule has 2 aromatic heterocycles. The van der Waals surface area contributed by atoms with Gasteiger partial charge in [-0.1, -0.05) is 54.6 Å². The summed E-state index contributed by atoms with van der Waals surface area (Å²) in [5.41, 5.74) is 4.79. The summed E-state index contributed by atoms with van der Waals surface area (Å²) in [5.74, 6) is 0.112. The fraction of sp³-hybridized carbons (Fsp3) is 0. The maximum atomic E-state index is 12.0. The van der Waals surface area contributed by atoms with E-state index in [4.69, 9.17) is 9.40 Å². The minimum Gasteiger partial charge on any atom is -0.508 e. The van der Waals surface area contributed by atoms with Crippen LogP contribution in [0.25, 0.3) is 43.9 Å². The number of phenols is 1. The summed E-state index contributed by atoms with van der Waals surface area (Å²) < 4.78 is 5.24. The van der Waals surface area contributed by atoms with E-state index in [9.17, 15) is 9.90 Å². The van der Waals surface area contributed by atoms with E-state index < -0.39 is 5.63 Å². The number of nitrogens with zero attached hydrogens (tertiary/aromatic N) is 1. The Morgan fingerprint density at radius 1 is 0.828 bits per heavy atom. The highest BCUT2D eigenvalue weighted by molar-refractivity contribution is 7.13. The Balaban J connectivity index is 1.54. The second kappa shape index (κ2) is 7.04. The van der Waals surface area contributed by atoms with Crippen molar-refractivity contribution in [3.63, 3.8) is 0 Å².